The summed E-state index contributed by atoms with van der Waals surface area (Å²) < 4.78 is 76.7. The van der Waals surface area contributed by atoms with E-state index < -0.39 is 33.0 Å². The zero-order valence-electron chi connectivity index (χ0n) is 24.0. The number of rotatable bonds is 8. The van der Waals surface area contributed by atoms with Crippen LogP contribution >= 0.6 is 0 Å². The van der Waals surface area contributed by atoms with Crippen LogP contribution < -0.4 is 59.1 Å². The van der Waals surface area contributed by atoms with Crippen LogP contribution in [0.3, 0.4) is 0 Å². The van der Waals surface area contributed by atoms with Gasteiger partial charge < -0.3 is 14.2 Å². The topological polar surface area (TPSA) is 153 Å². The van der Waals surface area contributed by atoms with Gasteiger partial charge in [-0.25, -0.2) is 16.8 Å². The normalized spacial score (nSPS) is 39.1. The van der Waals surface area contributed by atoms with Gasteiger partial charge in [-0.05, 0) is 85.4 Å². The molecule has 39 heavy (non-hydrogen) atoms. The Labute approximate surface area is 278 Å². The van der Waals surface area contributed by atoms with Gasteiger partial charge in [0.05, 0.1) is 12.7 Å². The predicted octanol–water partition coefficient (Wildman–Crippen LogP) is -2.31. The van der Waals surface area contributed by atoms with Crippen LogP contribution in [0.25, 0.3) is 0 Å². The summed E-state index contributed by atoms with van der Waals surface area (Å²) in [6.45, 7) is 8.41. The van der Waals surface area contributed by atoms with Crippen molar-refractivity contribution in [3.8, 4) is 0 Å². The monoisotopic (exact) mass is 606 g/mol. The first-order valence-electron chi connectivity index (χ1n) is 13.3. The van der Waals surface area contributed by atoms with Crippen molar-refractivity contribution in [1.29, 1.82) is 0 Å². The number of hydrogen-bond acceptors (Lipinski definition) is 9. The Morgan fingerprint density at radius 3 is 2.31 bits per heavy atom. The van der Waals surface area contributed by atoms with Crippen molar-refractivity contribution in [2.24, 2.45) is 46.3 Å². The number of aliphatic hydroxyl groups is 1. The first-order chi connectivity index (χ1) is 17.0. The van der Waals surface area contributed by atoms with Crippen LogP contribution in [0.2, 0.25) is 0 Å². The maximum absolute atomic E-state index is 11.2. The largest absolute Gasteiger partial charge is 1.00 e. The number of aliphatic hydroxyl groups excluding tert-OH is 1. The smallest absolute Gasteiger partial charge is 0.726 e. The molecule has 0 amide bonds. The maximum Gasteiger partial charge on any atom is 1.00 e. The SMILES string of the molecule is CC(C)/C=C/[C@@H](COS(=O)(=O)[O-])[C@H]1CC[C@H]2[C@@H]3CC=C4C[C@H](OS(=O)(=O)[O-])[C@@H](O)C[C@]4(C)[C@H]3CC[C@]12C.[Na+].[Na+]. The molecule has 4 rings (SSSR count). The second-order valence-electron chi connectivity index (χ2n) is 12.5. The van der Waals surface area contributed by atoms with Gasteiger partial charge in [0.15, 0.2) is 0 Å². The molecule has 0 bridgehead atoms. The quantitative estimate of drug-likeness (QED) is 0.139. The van der Waals surface area contributed by atoms with Crippen molar-refractivity contribution in [3.05, 3.63) is 23.8 Å². The van der Waals surface area contributed by atoms with Gasteiger partial charge in [0.2, 0.25) is 20.8 Å². The van der Waals surface area contributed by atoms with Crippen molar-refractivity contribution >= 4 is 20.8 Å². The molecule has 0 radical (unpaired) electrons. The first-order valence-corrected chi connectivity index (χ1v) is 16.0. The summed E-state index contributed by atoms with van der Waals surface area (Å²) in [4.78, 5) is 0. The molecule has 0 aromatic carbocycles. The summed E-state index contributed by atoms with van der Waals surface area (Å²) in [5.74, 6) is 1.39. The van der Waals surface area contributed by atoms with Crippen LogP contribution in [-0.4, -0.2) is 49.9 Å². The van der Waals surface area contributed by atoms with Gasteiger partial charge in [-0.3, -0.25) is 8.37 Å². The maximum atomic E-state index is 11.2. The summed E-state index contributed by atoms with van der Waals surface area (Å²) in [5, 5.41) is 10.8. The van der Waals surface area contributed by atoms with Crippen LogP contribution in [0.4, 0.5) is 0 Å². The molecule has 13 heteroatoms. The molecule has 9 nitrogen and oxygen atoms in total. The minimum absolute atomic E-state index is 0. The predicted molar refractivity (Wildman–Crippen MR) is 134 cm³/mol. The Kier molecular flexibility index (Phi) is 12.5. The van der Waals surface area contributed by atoms with E-state index in [0.29, 0.717) is 24.2 Å². The second kappa shape index (κ2) is 13.4. The Morgan fingerprint density at radius 1 is 1.05 bits per heavy atom. The average molecular weight is 607 g/mol. The first kappa shape index (κ1) is 36.4. The van der Waals surface area contributed by atoms with E-state index in [9.17, 15) is 31.0 Å². The van der Waals surface area contributed by atoms with E-state index >= 15 is 0 Å². The summed E-state index contributed by atoms with van der Waals surface area (Å²) in [7, 11) is -9.69. The Hall–Kier alpha value is 1.18. The summed E-state index contributed by atoms with van der Waals surface area (Å²) >= 11 is 0. The second-order valence-corrected chi connectivity index (χ2v) is 14.6. The van der Waals surface area contributed by atoms with Crippen LogP contribution in [0, 0.1) is 46.3 Å². The minimum Gasteiger partial charge on any atom is -0.726 e. The van der Waals surface area contributed by atoms with E-state index in [1.807, 2.05) is 6.08 Å². The fourth-order valence-electron chi connectivity index (χ4n) is 8.50. The van der Waals surface area contributed by atoms with E-state index in [1.165, 1.54) is 0 Å². The molecule has 0 heterocycles. The van der Waals surface area contributed by atoms with Gasteiger partial charge in [-0.15, -0.1) is 0 Å². The van der Waals surface area contributed by atoms with Gasteiger partial charge in [-0.1, -0.05) is 51.5 Å². The van der Waals surface area contributed by atoms with Crippen LogP contribution in [-0.2, 0) is 29.2 Å². The Morgan fingerprint density at radius 2 is 1.72 bits per heavy atom. The molecule has 0 unspecified atom stereocenters. The summed E-state index contributed by atoms with van der Waals surface area (Å²) in [6.07, 6.45) is 9.38. The van der Waals surface area contributed by atoms with E-state index in [0.717, 1.165) is 37.7 Å². The third kappa shape index (κ3) is 8.02. The minimum atomic E-state index is -4.91. The number of allylic oxidation sites excluding steroid dienone is 2. The van der Waals surface area contributed by atoms with Gasteiger partial charge in [0.25, 0.3) is 0 Å². The molecule has 3 saturated carbocycles. The standard InChI is InChI=1S/C26H42O9S2.2Na/c1-16(2)5-6-17(15-34-36(28,29)30)20-9-10-21-19-8-7-18-13-24(35-37(31,32)33)23(27)14-26(18,4)22(19)11-12-25(20,21)3;;/h5-7,16-17,19-24,27H,8-15H2,1-4H3,(H,28,29,30)(H,31,32,33);;/q;2*+1/p-2/b6-5+;;/t17-,19-,20+,21-,22-,23-,24-,25+,26-;;/m0../s1. The average Bonchev–Trinajstić information content (AvgIpc) is 3.10. The molecule has 3 fully saturated rings. The van der Waals surface area contributed by atoms with Crippen molar-refractivity contribution in [2.75, 3.05) is 6.61 Å². The van der Waals surface area contributed by atoms with Crippen LogP contribution in [0.15, 0.2) is 23.8 Å². The van der Waals surface area contributed by atoms with E-state index in [1.54, 1.807) is 0 Å². The number of fused-ring (bicyclic) bond motifs is 5. The third-order valence-corrected chi connectivity index (χ3v) is 11.0. The van der Waals surface area contributed by atoms with Gasteiger partial charge in [-0.2, -0.15) is 0 Å². The zero-order valence-corrected chi connectivity index (χ0v) is 29.7. The fraction of sp³-hybridized carbons (Fsp3) is 0.846. The fourth-order valence-corrected chi connectivity index (χ4v) is 9.32. The molecule has 1 N–H and O–H groups in total. The molecule has 0 spiro atoms. The molecule has 0 saturated heterocycles. The van der Waals surface area contributed by atoms with Gasteiger partial charge in [0.1, 0.15) is 6.10 Å². The molecule has 0 aromatic heterocycles. The molecular weight excluding hydrogens is 566 g/mol. The number of hydrogen-bond donors (Lipinski definition) is 1. The van der Waals surface area contributed by atoms with Crippen molar-refractivity contribution in [1.82, 2.24) is 0 Å². The van der Waals surface area contributed by atoms with Crippen LogP contribution in [0.5, 0.6) is 0 Å². The van der Waals surface area contributed by atoms with Crippen molar-refractivity contribution < 1.29 is 98.5 Å². The van der Waals surface area contributed by atoms with Gasteiger partial charge >= 0.3 is 59.1 Å². The molecule has 4 aliphatic rings. The third-order valence-electron chi connectivity index (χ3n) is 10.1. The van der Waals surface area contributed by atoms with Crippen molar-refractivity contribution in [3.63, 3.8) is 0 Å². The molecular formula is C26H40Na2O9S2. The van der Waals surface area contributed by atoms with Crippen molar-refractivity contribution in [2.45, 2.75) is 84.8 Å². The molecule has 9 atom stereocenters. The van der Waals surface area contributed by atoms with Crippen LogP contribution in [0.1, 0.15) is 72.6 Å². The Bertz CT molecular complexity index is 1140. The van der Waals surface area contributed by atoms with Gasteiger partial charge in [0, 0.05) is 5.92 Å². The van der Waals surface area contributed by atoms with E-state index in [-0.39, 0.29) is 101 Å². The molecule has 0 aromatic rings. The summed E-state index contributed by atoms with van der Waals surface area (Å²) in [6, 6.07) is 0. The molecule has 4 aliphatic carbocycles. The summed E-state index contributed by atoms with van der Waals surface area (Å²) in [5.41, 5.74) is 0.725. The Balaban J connectivity index is 0.00000267. The van der Waals surface area contributed by atoms with E-state index in [4.69, 9.17) is 4.18 Å². The van der Waals surface area contributed by atoms with E-state index in [2.05, 4.69) is 44.0 Å². The molecule has 0 aliphatic heterocycles. The zero-order chi connectivity index (χ0) is 27.4. The molecule has 212 valence electrons.